The number of hydrogen-bond donors (Lipinski definition) is 2. The third kappa shape index (κ3) is 6.62. The number of anilines is 1. The Hall–Kier alpha value is -5.19. The van der Waals surface area contributed by atoms with Crippen LogP contribution in [0.25, 0.3) is 6.08 Å². The van der Waals surface area contributed by atoms with Gasteiger partial charge in [0.25, 0.3) is 11.6 Å². The lowest BCUT2D eigenvalue weighted by molar-refractivity contribution is -0.384. The molecule has 0 spiro atoms. The predicted molar refractivity (Wildman–Crippen MR) is 148 cm³/mol. The van der Waals surface area contributed by atoms with Gasteiger partial charge in [-0.15, -0.1) is 0 Å². The van der Waals surface area contributed by atoms with Crippen molar-refractivity contribution in [2.75, 3.05) is 18.5 Å². The van der Waals surface area contributed by atoms with Crippen molar-refractivity contribution in [3.8, 4) is 11.5 Å². The van der Waals surface area contributed by atoms with E-state index in [1.165, 1.54) is 18.2 Å². The number of nitrogens with one attached hydrogen (secondary N) is 2. The number of non-ortho nitro benzene ring substituents is 1. The molecule has 2 N–H and O–H groups in total. The number of ether oxygens (including phenoxy) is 2. The Morgan fingerprint density at radius 3 is 2.58 bits per heavy atom. The van der Waals surface area contributed by atoms with Gasteiger partial charge >= 0.3 is 6.03 Å². The summed E-state index contributed by atoms with van der Waals surface area (Å²) in [5.41, 5.74) is 2.72. The molecule has 0 aromatic heterocycles. The van der Waals surface area contributed by atoms with E-state index in [4.69, 9.17) is 9.47 Å². The van der Waals surface area contributed by atoms with E-state index in [0.717, 1.165) is 16.9 Å². The molecule has 40 heavy (non-hydrogen) atoms. The zero-order valence-electron chi connectivity index (χ0n) is 22.0. The summed E-state index contributed by atoms with van der Waals surface area (Å²) in [5.74, 6) is -0.324. The van der Waals surface area contributed by atoms with Crippen LogP contribution < -0.4 is 20.1 Å². The maximum Gasteiger partial charge on any atom is 0.329 e. The Labute approximate surface area is 230 Å². The van der Waals surface area contributed by atoms with Crippen molar-refractivity contribution in [3.63, 3.8) is 0 Å². The number of carbonyl (C=O) groups excluding carboxylic acids is 3. The van der Waals surface area contributed by atoms with Crippen molar-refractivity contribution in [2.45, 2.75) is 26.9 Å². The first kappa shape index (κ1) is 27.8. The van der Waals surface area contributed by atoms with Crippen LogP contribution >= 0.6 is 0 Å². The molecule has 0 radical (unpaired) electrons. The van der Waals surface area contributed by atoms with Gasteiger partial charge in [-0.25, -0.2) is 9.69 Å². The highest BCUT2D eigenvalue weighted by atomic mass is 16.6. The van der Waals surface area contributed by atoms with Gasteiger partial charge in [-0.1, -0.05) is 43.3 Å². The van der Waals surface area contributed by atoms with Crippen LogP contribution in [-0.4, -0.2) is 40.8 Å². The van der Waals surface area contributed by atoms with Gasteiger partial charge in [0.15, 0.2) is 11.5 Å². The number of para-hydroxylation sites is 1. The number of nitrogens with zero attached hydrogens (tertiary/aromatic N) is 2. The molecule has 206 valence electrons. The van der Waals surface area contributed by atoms with E-state index in [9.17, 15) is 24.5 Å². The topological polar surface area (TPSA) is 140 Å². The van der Waals surface area contributed by atoms with E-state index in [-0.39, 0.29) is 18.0 Å². The predicted octanol–water partition coefficient (Wildman–Crippen LogP) is 4.67. The Morgan fingerprint density at radius 1 is 1.02 bits per heavy atom. The fraction of sp³-hybridized carbons (Fsp3) is 0.207. The van der Waals surface area contributed by atoms with Crippen LogP contribution in [0.1, 0.15) is 30.5 Å². The maximum atomic E-state index is 12.9. The van der Waals surface area contributed by atoms with Crippen molar-refractivity contribution in [3.05, 3.63) is 99.2 Å². The smallest absolute Gasteiger partial charge is 0.329 e. The van der Waals surface area contributed by atoms with E-state index < -0.39 is 29.3 Å². The fourth-order valence-corrected chi connectivity index (χ4v) is 4.09. The van der Waals surface area contributed by atoms with Gasteiger partial charge in [0.2, 0.25) is 5.91 Å². The first-order chi connectivity index (χ1) is 19.3. The molecule has 0 aliphatic carbocycles. The van der Waals surface area contributed by atoms with Crippen molar-refractivity contribution < 1.29 is 28.8 Å². The minimum absolute atomic E-state index is 0.0134. The second-order valence-corrected chi connectivity index (χ2v) is 8.79. The molecule has 1 fully saturated rings. The molecule has 1 aliphatic heterocycles. The molecule has 0 unspecified atom stereocenters. The number of hydrogen-bond acceptors (Lipinski definition) is 7. The second kappa shape index (κ2) is 12.6. The molecular formula is C29H28N4O7. The zero-order valence-corrected chi connectivity index (χ0v) is 22.0. The molecule has 3 aromatic rings. The summed E-state index contributed by atoms with van der Waals surface area (Å²) >= 11 is 0. The number of aryl methyl sites for hydroxylation is 1. The molecule has 4 amide bonds. The van der Waals surface area contributed by atoms with Crippen LogP contribution in [-0.2, 0) is 22.6 Å². The highest BCUT2D eigenvalue weighted by Crippen LogP contribution is 2.31. The first-order valence-electron chi connectivity index (χ1n) is 12.6. The average Bonchev–Trinajstić information content (AvgIpc) is 3.20. The molecule has 0 saturated carbocycles. The summed E-state index contributed by atoms with van der Waals surface area (Å²) in [4.78, 5) is 49.4. The molecule has 1 heterocycles. The summed E-state index contributed by atoms with van der Waals surface area (Å²) in [7, 11) is 0. The van der Waals surface area contributed by atoms with Crippen LogP contribution in [0.5, 0.6) is 11.5 Å². The molecule has 4 rings (SSSR count). The highest BCUT2D eigenvalue weighted by Gasteiger charge is 2.35. The van der Waals surface area contributed by atoms with Crippen molar-refractivity contribution >= 4 is 35.3 Å². The van der Waals surface area contributed by atoms with E-state index in [0.29, 0.717) is 34.9 Å². The number of amides is 4. The number of benzene rings is 3. The van der Waals surface area contributed by atoms with Crippen molar-refractivity contribution in [1.82, 2.24) is 10.2 Å². The van der Waals surface area contributed by atoms with Crippen LogP contribution in [0, 0.1) is 10.1 Å². The van der Waals surface area contributed by atoms with Gasteiger partial charge in [-0.05, 0) is 54.3 Å². The third-order valence-electron chi connectivity index (χ3n) is 6.03. The molecule has 0 atom stereocenters. The van der Waals surface area contributed by atoms with E-state index in [1.54, 1.807) is 49.4 Å². The Balaban J connectivity index is 1.45. The Morgan fingerprint density at radius 2 is 1.82 bits per heavy atom. The van der Waals surface area contributed by atoms with Gasteiger partial charge in [-0.2, -0.15) is 0 Å². The number of urea groups is 1. The summed E-state index contributed by atoms with van der Waals surface area (Å²) in [6.07, 6.45) is 2.20. The van der Waals surface area contributed by atoms with Crippen LogP contribution in [0.2, 0.25) is 0 Å². The highest BCUT2D eigenvalue weighted by molar-refractivity contribution is 6.16. The molecule has 11 nitrogen and oxygen atoms in total. The quantitative estimate of drug-likeness (QED) is 0.155. The van der Waals surface area contributed by atoms with Crippen LogP contribution in [0.3, 0.4) is 0 Å². The second-order valence-electron chi connectivity index (χ2n) is 8.79. The van der Waals surface area contributed by atoms with Gasteiger partial charge in [0.05, 0.1) is 11.5 Å². The normalized spacial score (nSPS) is 13.8. The lowest BCUT2D eigenvalue weighted by Gasteiger charge is -2.14. The SMILES string of the molecule is CCOc1cc(/C=C2/NC(=O)N(CC(=O)Nc3ccccc3CC)C2=O)ccc1OCc1cccc([N+](=O)[O-])c1. The van der Waals surface area contributed by atoms with Crippen LogP contribution in [0.15, 0.2) is 72.4 Å². The summed E-state index contributed by atoms with van der Waals surface area (Å²) in [6.45, 7) is 3.75. The minimum Gasteiger partial charge on any atom is -0.490 e. The van der Waals surface area contributed by atoms with E-state index >= 15 is 0 Å². The molecule has 0 bridgehead atoms. The van der Waals surface area contributed by atoms with E-state index in [2.05, 4.69) is 10.6 Å². The molecule has 1 saturated heterocycles. The fourth-order valence-electron chi connectivity index (χ4n) is 4.09. The largest absolute Gasteiger partial charge is 0.490 e. The number of carbonyl (C=O) groups is 3. The maximum absolute atomic E-state index is 12.9. The van der Waals surface area contributed by atoms with E-state index in [1.807, 2.05) is 19.1 Å². The summed E-state index contributed by atoms with van der Waals surface area (Å²) < 4.78 is 11.5. The molecular weight excluding hydrogens is 516 g/mol. The number of nitro benzene ring substituents is 1. The van der Waals surface area contributed by atoms with Gasteiger partial charge < -0.3 is 20.1 Å². The Kier molecular flexibility index (Phi) is 8.75. The van der Waals surface area contributed by atoms with Crippen LogP contribution in [0.4, 0.5) is 16.2 Å². The van der Waals surface area contributed by atoms with Crippen molar-refractivity contribution in [2.24, 2.45) is 0 Å². The minimum atomic E-state index is -0.697. The lowest BCUT2D eigenvalue weighted by Crippen LogP contribution is -2.38. The standard InChI is InChI=1S/C29H28N4O7/c1-3-21-9-5-6-11-23(21)30-27(34)17-32-28(35)24(31-29(32)36)15-19-12-13-25(26(16-19)39-4-2)40-18-20-8-7-10-22(14-20)33(37)38/h5-16H,3-4,17-18H2,1-2H3,(H,30,34)(H,31,36)/b24-15+. The molecule has 11 heteroatoms. The lowest BCUT2D eigenvalue weighted by atomic mass is 10.1. The third-order valence-corrected chi connectivity index (χ3v) is 6.03. The summed E-state index contributed by atoms with van der Waals surface area (Å²) in [6, 6.07) is 17.7. The number of rotatable bonds is 11. The Bertz CT molecular complexity index is 1480. The van der Waals surface area contributed by atoms with Gasteiger partial charge in [0.1, 0.15) is 18.8 Å². The number of nitro groups is 1. The van der Waals surface area contributed by atoms with Gasteiger partial charge in [-0.3, -0.25) is 19.7 Å². The summed E-state index contributed by atoms with van der Waals surface area (Å²) in [5, 5.41) is 16.3. The zero-order chi connectivity index (χ0) is 28.6. The van der Waals surface area contributed by atoms with Crippen molar-refractivity contribution in [1.29, 1.82) is 0 Å². The average molecular weight is 545 g/mol. The molecule has 1 aliphatic rings. The molecule has 3 aromatic carbocycles. The number of imide groups is 1. The first-order valence-corrected chi connectivity index (χ1v) is 12.6. The monoisotopic (exact) mass is 544 g/mol. The van der Waals surface area contributed by atoms with Gasteiger partial charge in [0, 0.05) is 17.8 Å².